The Labute approximate surface area is 79.1 Å². The van der Waals surface area contributed by atoms with Crippen molar-refractivity contribution in [3.63, 3.8) is 0 Å². The van der Waals surface area contributed by atoms with Crippen LogP contribution < -0.4 is 22.6 Å². The SMILES string of the molecule is ICCCCCC[IH+]. The normalized spacial score (nSPS) is 9.75. The third-order valence-corrected chi connectivity index (χ3v) is 2.61. The molecular formula is C6H13I2+. The Bertz CT molecular complexity index is 31.5. The predicted octanol–water partition coefficient (Wildman–Crippen LogP) is -0.733. The summed E-state index contributed by atoms with van der Waals surface area (Å²) in [5.41, 5.74) is 0. The second-order valence-corrected chi connectivity index (χ2v) is 4.05. The lowest BCUT2D eigenvalue weighted by atomic mass is 10.2. The van der Waals surface area contributed by atoms with E-state index in [-0.39, 0.29) is 0 Å². The number of hydrogen-bond acceptors (Lipinski definition) is 0. The molecule has 0 heterocycles. The van der Waals surface area contributed by atoms with Crippen LogP contribution in [0, 0.1) is 0 Å². The third kappa shape index (κ3) is 7.46. The van der Waals surface area contributed by atoms with Crippen LogP contribution in [0.3, 0.4) is 0 Å². The molecule has 8 heavy (non-hydrogen) atoms. The van der Waals surface area contributed by atoms with Crippen molar-refractivity contribution in [2.45, 2.75) is 25.7 Å². The first-order valence-electron chi connectivity index (χ1n) is 3.06. The molecule has 0 aromatic carbocycles. The number of unbranched alkanes of at least 4 members (excludes halogenated alkanes) is 3. The molecule has 0 aromatic heterocycles. The molecule has 0 rings (SSSR count). The van der Waals surface area contributed by atoms with Gasteiger partial charge >= 0.3 is 0 Å². The summed E-state index contributed by atoms with van der Waals surface area (Å²) in [6.07, 6.45) is 5.74. The highest BCUT2D eigenvalue weighted by Gasteiger charge is 1.88. The van der Waals surface area contributed by atoms with E-state index < -0.39 is 0 Å². The molecule has 0 saturated heterocycles. The summed E-state index contributed by atoms with van der Waals surface area (Å²) in [4.78, 5) is 0. The van der Waals surface area contributed by atoms with Gasteiger partial charge in [0.2, 0.25) is 0 Å². The van der Waals surface area contributed by atoms with E-state index in [0.29, 0.717) is 0 Å². The molecule has 0 unspecified atom stereocenters. The third-order valence-electron chi connectivity index (χ3n) is 1.03. The minimum Gasteiger partial charge on any atom is -0.0864 e. The molecule has 0 spiro atoms. The number of alkyl halides is 2. The zero-order chi connectivity index (χ0) is 6.24. The van der Waals surface area contributed by atoms with Gasteiger partial charge in [-0.2, -0.15) is 0 Å². The van der Waals surface area contributed by atoms with Crippen LogP contribution in [0.15, 0.2) is 0 Å². The van der Waals surface area contributed by atoms with Crippen LogP contribution in [0.4, 0.5) is 0 Å². The Morgan fingerprint density at radius 1 is 1.00 bits per heavy atom. The standard InChI is InChI=1S/C6H13I2/c7-5-3-1-2-4-6-8/h7H,1-6H2/q+1. The van der Waals surface area contributed by atoms with Crippen LogP contribution in [0.1, 0.15) is 25.7 Å². The summed E-state index contributed by atoms with van der Waals surface area (Å²) in [6.45, 7) is 0. The van der Waals surface area contributed by atoms with Gasteiger partial charge in [0.1, 0.15) is 4.43 Å². The summed E-state index contributed by atoms with van der Waals surface area (Å²) < 4.78 is 2.71. The molecule has 0 radical (unpaired) electrons. The minimum atomic E-state index is 1.34. The van der Waals surface area contributed by atoms with E-state index in [1.54, 1.807) is 0 Å². The van der Waals surface area contributed by atoms with Crippen molar-refractivity contribution in [2.24, 2.45) is 0 Å². The smallest absolute Gasteiger partial charge is 0.0864 e. The first kappa shape index (κ1) is 9.46. The molecule has 0 aliphatic rings. The number of rotatable bonds is 5. The lowest BCUT2D eigenvalue weighted by molar-refractivity contribution is -0.368. The Morgan fingerprint density at radius 3 is 2.12 bits per heavy atom. The molecule has 0 nitrogen and oxygen atoms in total. The molecule has 2 heteroatoms. The van der Waals surface area contributed by atoms with E-state index in [2.05, 4.69) is 45.2 Å². The fourth-order valence-electron chi connectivity index (χ4n) is 0.550. The summed E-state index contributed by atoms with van der Waals surface area (Å²) in [7, 11) is 0. The van der Waals surface area contributed by atoms with E-state index in [0.717, 1.165) is 0 Å². The average Bonchev–Trinajstić information content (AvgIpc) is 1.81. The topological polar surface area (TPSA) is 0 Å². The number of hydrogen-bond donors (Lipinski definition) is 0. The molecular weight excluding hydrogens is 326 g/mol. The van der Waals surface area contributed by atoms with Gasteiger partial charge < -0.3 is 0 Å². The zero-order valence-corrected chi connectivity index (χ0v) is 9.52. The molecule has 0 atom stereocenters. The lowest BCUT2D eigenvalue weighted by Gasteiger charge is -1.90. The van der Waals surface area contributed by atoms with Gasteiger partial charge in [0.05, 0.1) is 0 Å². The van der Waals surface area contributed by atoms with Gasteiger partial charge in [0.15, 0.2) is 0 Å². The van der Waals surface area contributed by atoms with Crippen molar-refractivity contribution in [1.29, 1.82) is 0 Å². The van der Waals surface area contributed by atoms with Crippen LogP contribution in [0.2, 0.25) is 0 Å². The molecule has 0 aliphatic carbocycles. The lowest BCUT2D eigenvalue weighted by Crippen LogP contribution is -3.35. The predicted molar refractivity (Wildman–Crippen MR) is 43.6 cm³/mol. The summed E-state index contributed by atoms with van der Waals surface area (Å²) in [5, 5.41) is 0. The molecule has 0 amide bonds. The maximum absolute atomic E-state index is 2.44. The van der Waals surface area contributed by atoms with E-state index in [1.807, 2.05) is 0 Å². The van der Waals surface area contributed by atoms with E-state index >= 15 is 0 Å². The molecule has 0 saturated carbocycles. The van der Waals surface area contributed by atoms with Crippen molar-refractivity contribution in [3.8, 4) is 0 Å². The van der Waals surface area contributed by atoms with E-state index in [9.17, 15) is 0 Å². The van der Waals surface area contributed by atoms with Gasteiger partial charge in [0.25, 0.3) is 22.6 Å². The van der Waals surface area contributed by atoms with Crippen LogP contribution in [0.5, 0.6) is 0 Å². The Balaban J connectivity index is 2.53. The van der Waals surface area contributed by atoms with E-state index in [4.69, 9.17) is 0 Å². The maximum atomic E-state index is 2.44. The van der Waals surface area contributed by atoms with Crippen LogP contribution in [-0.4, -0.2) is 8.86 Å². The Hall–Kier alpha value is 1.46. The molecule has 0 aromatic rings. The minimum absolute atomic E-state index is 1.34. The molecule has 50 valence electrons. The largest absolute Gasteiger partial charge is 0.252 e. The second-order valence-electron chi connectivity index (χ2n) is 1.81. The fraction of sp³-hybridized carbons (Fsp3) is 1.00. The van der Waals surface area contributed by atoms with Gasteiger partial charge in [-0.05, 0) is 23.7 Å². The molecule has 0 bridgehead atoms. The Kier molecular flexibility index (Phi) is 10.0. The average molecular weight is 339 g/mol. The second kappa shape index (κ2) is 8.46. The van der Waals surface area contributed by atoms with Gasteiger partial charge in [-0.15, -0.1) is 0 Å². The van der Waals surface area contributed by atoms with Gasteiger partial charge in [-0.1, -0.05) is 29.0 Å². The quantitative estimate of drug-likeness (QED) is 0.352. The summed E-state index contributed by atoms with van der Waals surface area (Å²) >= 11 is 4.63. The monoisotopic (exact) mass is 339 g/mol. The molecule has 0 fully saturated rings. The number of halogens is 2. The van der Waals surface area contributed by atoms with Crippen molar-refractivity contribution in [1.82, 2.24) is 0 Å². The first-order valence-corrected chi connectivity index (χ1v) is 6.23. The Morgan fingerprint density at radius 2 is 1.62 bits per heavy atom. The first-order chi connectivity index (χ1) is 3.91. The highest BCUT2D eigenvalue weighted by molar-refractivity contribution is 14.1. The maximum Gasteiger partial charge on any atom is 0.252 e. The fourth-order valence-corrected chi connectivity index (χ4v) is 1.67. The van der Waals surface area contributed by atoms with Crippen LogP contribution >= 0.6 is 22.6 Å². The van der Waals surface area contributed by atoms with Crippen LogP contribution in [0.25, 0.3) is 0 Å². The van der Waals surface area contributed by atoms with Crippen molar-refractivity contribution < 1.29 is 22.6 Å². The highest BCUT2D eigenvalue weighted by Crippen LogP contribution is 1.99. The van der Waals surface area contributed by atoms with Gasteiger partial charge in [-0.25, -0.2) is 0 Å². The van der Waals surface area contributed by atoms with Crippen molar-refractivity contribution in [3.05, 3.63) is 0 Å². The van der Waals surface area contributed by atoms with E-state index in [1.165, 1.54) is 34.5 Å². The highest BCUT2D eigenvalue weighted by atomic mass is 127. The van der Waals surface area contributed by atoms with Crippen molar-refractivity contribution >= 4 is 22.6 Å². The summed E-state index contributed by atoms with van der Waals surface area (Å²) in [6, 6.07) is 0. The summed E-state index contributed by atoms with van der Waals surface area (Å²) in [5.74, 6) is 0. The zero-order valence-electron chi connectivity index (χ0n) is 5.03. The van der Waals surface area contributed by atoms with Gasteiger partial charge in [0, 0.05) is 0 Å². The molecule has 0 aliphatic heterocycles. The van der Waals surface area contributed by atoms with Crippen molar-refractivity contribution in [2.75, 3.05) is 8.86 Å². The van der Waals surface area contributed by atoms with Gasteiger partial charge in [-0.3, -0.25) is 0 Å². The molecule has 0 N–H and O–H groups in total. The van der Waals surface area contributed by atoms with Crippen LogP contribution in [-0.2, 0) is 0 Å².